The van der Waals surface area contributed by atoms with Gasteiger partial charge in [0.2, 0.25) is 17.7 Å². The fourth-order valence-electron chi connectivity index (χ4n) is 3.77. The largest absolute Gasteiger partial charge is 0.481 e. The lowest BCUT2D eigenvalue weighted by Crippen LogP contribution is -2.58. The van der Waals surface area contributed by atoms with E-state index in [-0.39, 0.29) is 13.0 Å². The molecular formula is C22H30N4O8. The van der Waals surface area contributed by atoms with Crippen molar-refractivity contribution in [3.8, 4) is 0 Å². The molecule has 1 fully saturated rings. The van der Waals surface area contributed by atoms with E-state index in [0.29, 0.717) is 12.8 Å². The van der Waals surface area contributed by atoms with Crippen molar-refractivity contribution >= 4 is 29.7 Å². The summed E-state index contributed by atoms with van der Waals surface area (Å²) < 4.78 is 0. The van der Waals surface area contributed by atoms with Crippen LogP contribution in [0.4, 0.5) is 0 Å². The zero-order chi connectivity index (χ0) is 25.4. The van der Waals surface area contributed by atoms with Gasteiger partial charge >= 0.3 is 11.9 Å². The Kier molecular flexibility index (Phi) is 9.51. The monoisotopic (exact) mass is 478 g/mol. The second-order valence-corrected chi connectivity index (χ2v) is 8.21. The van der Waals surface area contributed by atoms with Crippen LogP contribution in [-0.2, 0) is 30.4 Å². The van der Waals surface area contributed by atoms with Crippen molar-refractivity contribution in [1.29, 1.82) is 0 Å². The summed E-state index contributed by atoms with van der Waals surface area (Å²) >= 11 is 0. The third kappa shape index (κ3) is 7.25. The van der Waals surface area contributed by atoms with Gasteiger partial charge < -0.3 is 36.6 Å². The van der Waals surface area contributed by atoms with Crippen molar-refractivity contribution in [2.24, 2.45) is 5.73 Å². The number of carbonyl (C=O) groups excluding carboxylic acids is 3. The van der Waals surface area contributed by atoms with Crippen LogP contribution in [0.25, 0.3) is 0 Å². The van der Waals surface area contributed by atoms with Crippen LogP contribution in [0.15, 0.2) is 30.3 Å². The van der Waals surface area contributed by atoms with Gasteiger partial charge in [-0.3, -0.25) is 19.2 Å². The predicted octanol–water partition coefficient (Wildman–Crippen LogP) is -1.54. The maximum atomic E-state index is 12.9. The van der Waals surface area contributed by atoms with Crippen molar-refractivity contribution in [2.75, 3.05) is 6.54 Å². The van der Waals surface area contributed by atoms with E-state index < -0.39 is 66.4 Å². The fraction of sp³-hybridized carbons (Fsp3) is 0.500. The molecule has 34 heavy (non-hydrogen) atoms. The maximum absolute atomic E-state index is 12.9. The second kappa shape index (κ2) is 12.1. The number of rotatable bonds is 11. The van der Waals surface area contributed by atoms with Gasteiger partial charge in [0.15, 0.2) is 6.04 Å². The zero-order valence-corrected chi connectivity index (χ0v) is 18.7. The van der Waals surface area contributed by atoms with Crippen molar-refractivity contribution in [2.45, 2.75) is 62.9 Å². The number of hydrogen-bond acceptors (Lipinski definition) is 7. The average Bonchev–Trinajstić information content (AvgIpc) is 3.26. The number of likely N-dealkylation sites (tertiary alicyclic amines) is 1. The highest BCUT2D eigenvalue weighted by atomic mass is 16.4. The highest BCUT2D eigenvalue weighted by Crippen LogP contribution is 2.19. The standard InChI is InChI=1S/C22H30N4O8/c1-12(27)18(22(33)34)25-19(30)15(11-17(28)29)24-20(31)16-8-5-9-26(16)21(32)14(23)10-13-6-3-2-4-7-13/h2-4,6-7,12,14-16,18,27H,5,8-11,23H2,1H3,(H,24,31)(H,25,30)(H,28,29)(H,33,34). The fourth-order valence-corrected chi connectivity index (χ4v) is 3.77. The van der Waals surface area contributed by atoms with E-state index >= 15 is 0 Å². The summed E-state index contributed by atoms with van der Waals surface area (Å²) in [6.45, 7) is 1.42. The van der Waals surface area contributed by atoms with E-state index in [9.17, 15) is 29.1 Å². The van der Waals surface area contributed by atoms with Gasteiger partial charge in [-0.1, -0.05) is 30.3 Å². The first-order valence-corrected chi connectivity index (χ1v) is 10.8. The molecule has 1 saturated heterocycles. The van der Waals surface area contributed by atoms with Gasteiger partial charge in [-0.15, -0.1) is 0 Å². The lowest BCUT2D eigenvalue weighted by molar-refractivity contribution is -0.146. The molecule has 1 heterocycles. The summed E-state index contributed by atoms with van der Waals surface area (Å²) in [7, 11) is 0. The number of carboxylic acids is 2. The van der Waals surface area contributed by atoms with Crippen molar-refractivity contribution < 1.29 is 39.3 Å². The Morgan fingerprint density at radius 3 is 2.32 bits per heavy atom. The molecule has 1 aliphatic heterocycles. The third-order valence-electron chi connectivity index (χ3n) is 5.51. The molecule has 7 N–H and O–H groups in total. The summed E-state index contributed by atoms with van der Waals surface area (Å²) in [4.78, 5) is 62.1. The summed E-state index contributed by atoms with van der Waals surface area (Å²) in [5.74, 6) is -5.21. The smallest absolute Gasteiger partial charge is 0.328 e. The van der Waals surface area contributed by atoms with Crippen LogP contribution in [0.2, 0.25) is 0 Å². The molecule has 0 aromatic heterocycles. The molecule has 5 atom stereocenters. The van der Waals surface area contributed by atoms with Gasteiger partial charge in [-0.05, 0) is 31.7 Å². The van der Waals surface area contributed by atoms with Gasteiger partial charge in [-0.25, -0.2) is 4.79 Å². The van der Waals surface area contributed by atoms with Crippen molar-refractivity contribution in [3.05, 3.63) is 35.9 Å². The average molecular weight is 479 g/mol. The third-order valence-corrected chi connectivity index (χ3v) is 5.51. The molecule has 1 aliphatic rings. The van der Waals surface area contributed by atoms with Gasteiger partial charge in [0.25, 0.3) is 0 Å². The number of carboxylic acid groups (broad SMARTS) is 2. The zero-order valence-electron chi connectivity index (χ0n) is 18.7. The van der Waals surface area contributed by atoms with E-state index in [4.69, 9.17) is 15.9 Å². The first-order valence-electron chi connectivity index (χ1n) is 10.8. The molecule has 5 unspecified atom stereocenters. The number of aliphatic carboxylic acids is 2. The lowest BCUT2D eigenvalue weighted by atomic mass is 10.0. The summed E-state index contributed by atoms with van der Waals surface area (Å²) in [6.07, 6.45) is -1.21. The van der Waals surface area contributed by atoms with Crippen LogP contribution >= 0.6 is 0 Å². The second-order valence-electron chi connectivity index (χ2n) is 8.21. The number of nitrogens with two attached hydrogens (primary N) is 1. The molecular weight excluding hydrogens is 448 g/mol. The minimum absolute atomic E-state index is 0.268. The van der Waals surface area contributed by atoms with E-state index in [1.807, 2.05) is 35.6 Å². The molecule has 1 aromatic rings. The topological polar surface area (TPSA) is 199 Å². The number of carbonyl (C=O) groups is 5. The Morgan fingerprint density at radius 2 is 1.76 bits per heavy atom. The number of aliphatic hydroxyl groups excluding tert-OH is 1. The highest BCUT2D eigenvalue weighted by Gasteiger charge is 2.38. The number of amides is 3. The SMILES string of the molecule is CC(O)C(NC(=O)C(CC(=O)O)NC(=O)C1CCCN1C(=O)C(N)Cc1ccccc1)C(=O)O. The molecule has 0 saturated carbocycles. The number of nitrogens with one attached hydrogen (secondary N) is 2. The Morgan fingerprint density at radius 1 is 1.12 bits per heavy atom. The van der Waals surface area contributed by atoms with Gasteiger partial charge in [0.1, 0.15) is 12.1 Å². The predicted molar refractivity (Wildman–Crippen MR) is 118 cm³/mol. The number of aliphatic hydroxyl groups is 1. The van der Waals surface area contributed by atoms with Crippen molar-refractivity contribution in [3.63, 3.8) is 0 Å². The van der Waals surface area contributed by atoms with E-state index in [1.54, 1.807) is 0 Å². The summed E-state index contributed by atoms with van der Waals surface area (Å²) in [6, 6.07) is 3.98. The Bertz CT molecular complexity index is 907. The molecule has 3 amide bonds. The number of nitrogens with zero attached hydrogens (tertiary/aromatic N) is 1. The molecule has 12 heteroatoms. The normalized spacial score (nSPS) is 18.9. The highest BCUT2D eigenvalue weighted by molar-refractivity contribution is 5.96. The molecule has 186 valence electrons. The van der Waals surface area contributed by atoms with E-state index in [1.165, 1.54) is 4.90 Å². The number of benzene rings is 1. The Balaban J connectivity index is 2.09. The minimum atomic E-state index is -1.69. The summed E-state index contributed by atoms with van der Waals surface area (Å²) in [5, 5.41) is 32.2. The first-order chi connectivity index (χ1) is 16.0. The van der Waals surface area contributed by atoms with Crippen LogP contribution in [-0.4, -0.2) is 86.7 Å². The number of hydrogen-bond donors (Lipinski definition) is 6. The van der Waals surface area contributed by atoms with E-state index in [0.717, 1.165) is 12.5 Å². The molecule has 12 nitrogen and oxygen atoms in total. The lowest BCUT2D eigenvalue weighted by Gasteiger charge is -2.28. The Labute approximate surface area is 196 Å². The first kappa shape index (κ1) is 26.7. The molecule has 0 radical (unpaired) electrons. The van der Waals surface area contributed by atoms with Gasteiger partial charge in [-0.2, -0.15) is 0 Å². The molecule has 0 aliphatic carbocycles. The summed E-state index contributed by atoms with van der Waals surface area (Å²) in [5.41, 5.74) is 6.93. The van der Waals surface area contributed by atoms with Gasteiger partial charge in [0.05, 0.1) is 18.6 Å². The minimum Gasteiger partial charge on any atom is -0.481 e. The maximum Gasteiger partial charge on any atom is 0.328 e. The van der Waals surface area contributed by atoms with E-state index in [2.05, 4.69) is 5.32 Å². The quantitative estimate of drug-likeness (QED) is 0.218. The van der Waals surface area contributed by atoms with Crippen LogP contribution in [0, 0.1) is 0 Å². The van der Waals surface area contributed by atoms with Crippen molar-refractivity contribution in [1.82, 2.24) is 15.5 Å². The molecule has 0 bridgehead atoms. The van der Waals surface area contributed by atoms with Crippen LogP contribution in [0.1, 0.15) is 31.7 Å². The van der Waals surface area contributed by atoms with Gasteiger partial charge in [0, 0.05) is 6.54 Å². The van der Waals surface area contributed by atoms with Crippen LogP contribution in [0.5, 0.6) is 0 Å². The van der Waals surface area contributed by atoms with Crippen LogP contribution in [0.3, 0.4) is 0 Å². The molecule has 1 aromatic carbocycles. The Hall–Kier alpha value is -3.51. The molecule has 0 spiro atoms. The van der Waals surface area contributed by atoms with Crippen LogP contribution < -0.4 is 16.4 Å². The molecule has 2 rings (SSSR count).